The largest absolute Gasteiger partial charge is 0.272 e. The second-order valence-corrected chi connectivity index (χ2v) is 7.66. The number of hydrazone groups is 1. The minimum absolute atomic E-state index is 0.0552. The molecule has 0 saturated carbocycles. The first-order chi connectivity index (χ1) is 14.0. The molecule has 3 N–H and O–H groups in total. The molecular weight excluding hydrogens is 386 g/mol. The van der Waals surface area contributed by atoms with E-state index in [1.165, 1.54) is 0 Å². The van der Waals surface area contributed by atoms with Gasteiger partial charge in [-0.15, -0.1) is 0 Å². The lowest BCUT2D eigenvalue weighted by atomic mass is 9.96. The number of hydrazine groups is 1. The molecule has 0 bridgehead atoms. The van der Waals surface area contributed by atoms with Crippen LogP contribution < -0.4 is 16.3 Å². The summed E-state index contributed by atoms with van der Waals surface area (Å²) in [6, 6.07) is 15.4. The predicted octanol–water partition coefficient (Wildman–Crippen LogP) is 3.69. The van der Waals surface area contributed by atoms with Crippen LogP contribution >= 0.6 is 11.6 Å². The molecule has 1 aromatic heterocycles. The number of pyridine rings is 1. The van der Waals surface area contributed by atoms with Crippen LogP contribution in [0.4, 0.5) is 0 Å². The van der Waals surface area contributed by atoms with Crippen LogP contribution in [0.1, 0.15) is 33.2 Å². The quantitative estimate of drug-likeness (QED) is 0.455. The van der Waals surface area contributed by atoms with E-state index in [4.69, 9.17) is 11.6 Å². The maximum absolute atomic E-state index is 12.8. The van der Waals surface area contributed by atoms with Crippen molar-refractivity contribution in [1.29, 1.82) is 0 Å². The van der Waals surface area contributed by atoms with E-state index in [0.29, 0.717) is 17.1 Å². The monoisotopic (exact) mass is 407 g/mol. The number of hydrogen-bond acceptors (Lipinski definition) is 5. The number of rotatable bonds is 4. The second kappa shape index (κ2) is 8.29. The smallest absolute Gasteiger partial charge is 0.267 e. The van der Waals surface area contributed by atoms with Crippen LogP contribution in [0.25, 0.3) is 10.9 Å². The van der Waals surface area contributed by atoms with Crippen molar-refractivity contribution < 1.29 is 4.79 Å². The number of aryl methyl sites for hydroxylation is 2. The van der Waals surface area contributed by atoms with Gasteiger partial charge < -0.3 is 0 Å². The molecule has 0 radical (unpaired) electrons. The Morgan fingerprint density at radius 3 is 2.83 bits per heavy atom. The van der Waals surface area contributed by atoms with E-state index in [-0.39, 0.29) is 17.9 Å². The first-order valence-corrected chi connectivity index (χ1v) is 9.85. The molecule has 3 aromatic rings. The van der Waals surface area contributed by atoms with Gasteiger partial charge in [0.05, 0.1) is 17.1 Å². The van der Waals surface area contributed by atoms with Crippen molar-refractivity contribution in [3.63, 3.8) is 0 Å². The lowest BCUT2D eigenvalue weighted by Crippen LogP contribution is -2.25. The zero-order chi connectivity index (χ0) is 20.4. The Balaban J connectivity index is 1.51. The number of hydrogen-bond donors (Lipinski definition) is 3. The number of aromatic nitrogens is 1. The molecule has 7 heteroatoms. The highest BCUT2D eigenvalue weighted by atomic mass is 35.5. The number of para-hydroxylation sites is 1. The highest BCUT2D eigenvalue weighted by molar-refractivity contribution is 6.30. The summed E-state index contributed by atoms with van der Waals surface area (Å²) in [7, 11) is 0. The van der Waals surface area contributed by atoms with E-state index in [1.54, 1.807) is 12.3 Å². The average Bonchev–Trinajstić information content (AvgIpc) is 3.17. The van der Waals surface area contributed by atoms with E-state index in [1.807, 2.05) is 56.3 Å². The molecule has 29 heavy (non-hydrogen) atoms. The number of halogens is 1. The number of benzene rings is 2. The van der Waals surface area contributed by atoms with Gasteiger partial charge in [-0.2, -0.15) is 5.10 Å². The molecule has 1 fully saturated rings. The topological polar surface area (TPSA) is 78.4 Å². The standard InChI is InChI=1S/C22H22ClN5O/c1-13-4-3-5-18-19(10-14(2)26-20(13)18)22(29)28-25-12-16-11-24-27-21(16)15-6-8-17(23)9-7-15/h3-10,12,16,21,24,27H,11H2,1-2H3,(H,28,29)/b25-12+. The van der Waals surface area contributed by atoms with E-state index < -0.39 is 0 Å². The van der Waals surface area contributed by atoms with Gasteiger partial charge in [0.15, 0.2) is 0 Å². The molecule has 1 aliphatic heterocycles. The van der Waals surface area contributed by atoms with Crippen molar-refractivity contribution in [2.75, 3.05) is 6.54 Å². The molecule has 0 aliphatic carbocycles. The third-order valence-electron chi connectivity index (χ3n) is 5.10. The van der Waals surface area contributed by atoms with Gasteiger partial charge in [-0.05, 0) is 43.2 Å². The van der Waals surface area contributed by atoms with Crippen molar-refractivity contribution in [2.24, 2.45) is 11.0 Å². The summed E-state index contributed by atoms with van der Waals surface area (Å²) in [5, 5.41) is 5.76. The molecule has 2 atom stereocenters. The maximum atomic E-state index is 12.8. The van der Waals surface area contributed by atoms with Crippen LogP contribution in [0.2, 0.25) is 5.02 Å². The van der Waals surface area contributed by atoms with Crippen molar-refractivity contribution in [2.45, 2.75) is 19.9 Å². The summed E-state index contributed by atoms with van der Waals surface area (Å²) >= 11 is 5.98. The van der Waals surface area contributed by atoms with Crippen LogP contribution in [0, 0.1) is 19.8 Å². The fourth-order valence-corrected chi connectivity index (χ4v) is 3.74. The Bertz CT molecular complexity index is 1080. The van der Waals surface area contributed by atoms with Crippen molar-refractivity contribution in [3.05, 3.63) is 75.9 Å². The summed E-state index contributed by atoms with van der Waals surface area (Å²) < 4.78 is 0. The van der Waals surface area contributed by atoms with E-state index in [0.717, 1.165) is 27.7 Å². The molecule has 2 unspecified atom stereocenters. The Morgan fingerprint density at radius 1 is 1.24 bits per heavy atom. The summed E-state index contributed by atoms with van der Waals surface area (Å²) in [6.07, 6.45) is 1.77. The first kappa shape index (κ1) is 19.5. The Hall–Kier alpha value is -2.80. The lowest BCUT2D eigenvalue weighted by molar-refractivity contribution is 0.0956. The molecule has 1 amide bonds. The number of amides is 1. The van der Waals surface area contributed by atoms with Gasteiger partial charge in [0.1, 0.15) is 0 Å². The number of nitrogens with one attached hydrogen (secondary N) is 3. The summed E-state index contributed by atoms with van der Waals surface area (Å²) in [5.41, 5.74) is 13.4. The highest BCUT2D eigenvalue weighted by Crippen LogP contribution is 2.25. The minimum atomic E-state index is -0.246. The molecule has 1 saturated heterocycles. The van der Waals surface area contributed by atoms with Crippen molar-refractivity contribution in [3.8, 4) is 0 Å². The fourth-order valence-electron chi connectivity index (χ4n) is 3.61. The van der Waals surface area contributed by atoms with Crippen LogP contribution in [0.3, 0.4) is 0 Å². The zero-order valence-corrected chi connectivity index (χ0v) is 17.0. The Labute approximate surface area is 174 Å². The third-order valence-corrected chi connectivity index (χ3v) is 5.35. The predicted molar refractivity (Wildman–Crippen MR) is 116 cm³/mol. The van der Waals surface area contributed by atoms with Gasteiger partial charge in [-0.1, -0.05) is 41.9 Å². The summed E-state index contributed by atoms with van der Waals surface area (Å²) in [4.78, 5) is 17.4. The van der Waals surface area contributed by atoms with Crippen molar-refractivity contribution >= 4 is 34.6 Å². The minimum Gasteiger partial charge on any atom is -0.267 e. The molecule has 1 aliphatic rings. The summed E-state index contributed by atoms with van der Waals surface area (Å²) in [5.74, 6) is -0.154. The Kier molecular flexibility index (Phi) is 5.58. The first-order valence-electron chi connectivity index (χ1n) is 9.47. The zero-order valence-electron chi connectivity index (χ0n) is 16.2. The van der Waals surface area contributed by atoms with E-state index in [9.17, 15) is 4.79 Å². The number of carbonyl (C=O) groups is 1. The summed E-state index contributed by atoms with van der Waals surface area (Å²) in [6.45, 7) is 4.59. The molecular formula is C22H22ClN5O. The normalized spacial score (nSPS) is 19.1. The van der Waals surface area contributed by atoms with Gasteiger partial charge in [-0.25, -0.2) is 10.9 Å². The number of carbonyl (C=O) groups excluding carboxylic acids is 1. The molecule has 4 rings (SSSR count). The number of fused-ring (bicyclic) bond motifs is 1. The van der Waals surface area contributed by atoms with Crippen LogP contribution in [0.15, 0.2) is 53.6 Å². The van der Waals surface area contributed by atoms with Gasteiger partial charge in [0.25, 0.3) is 5.91 Å². The molecule has 6 nitrogen and oxygen atoms in total. The molecule has 2 heterocycles. The fraction of sp³-hybridized carbons (Fsp3) is 0.227. The van der Waals surface area contributed by atoms with E-state index in [2.05, 4.69) is 26.4 Å². The van der Waals surface area contributed by atoms with Crippen LogP contribution in [0.5, 0.6) is 0 Å². The lowest BCUT2D eigenvalue weighted by Gasteiger charge is -2.15. The maximum Gasteiger partial charge on any atom is 0.272 e. The van der Waals surface area contributed by atoms with Gasteiger partial charge in [0, 0.05) is 34.8 Å². The van der Waals surface area contributed by atoms with Gasteiger partial charge in [0.2, 0.25) is 0 Å². The number of nitrogens with zero attached hydrogens (tertiary/aromatic N) is 2. The van der Waals surface area contributed by atoms with Gasteiger partial charge in [-0.3, -0.25) is 15.2 Å². The molecule has 2 aromatic carbocycles. The van der Waals surface area contributed by atoms with Gasteiger partial charge >= 0.3 is 0 Å². The Morgan fingerprint density at radius 2 is 2.03 bits per heavy atom. The third kappa shape index (κ3) is 4.15. The highest BCUT2D eigenvalue weighted by Gasteiger charge is 2.27. The van der Waals surface area contributed by atoms with E-state index >= 15 is 0 Å². The average molecular weight is 408 g/mol. The SMILES string of the molecule is Cc1cc(C(=O)N/N=C/C2CNNC2c2ccc(Cl)cc2)c2cccc(C)c2n1. The van der Waals surface area contributed by atoms with Crippen LogP contribution in [-0.2, 0) is 0 Å². The molecule has 148 valence electrons. The molecule has 0 spiro atoms. The van der Waals surface area contributed by atoms with Crippen molar-refractivity contribution in [1.82, 2.24) is 21.3 Å². The second-order valence-electron chi connectivity index (χ2n) is 7.22. The van der Waals surface area contributed by atoms with Crippen LogP contribution in [-0.4, -0.2) is 23.7 Å².